The molecule has 90 valence electrons. The molecule has 1 aliphatic rings. The van der Waals surface area contributed by atoms with Crippen molar-refractivity contribution < 1.29 is 5.11 Å². The highest BCUT2D eigenvalue weighted by Gasteiger charge is 2.32. The lowest BCUT2D eigenvalue weighted by Gasteiger charge is -2.26. The van der Waals surface area contributed by atoms with Gasteiger partial charge >= 0.3 is 0 Å². The van der Waals surface area contributed by atoms with E-state index in [-0.39, 0.29) is 0 Å². The highest BCUT2D eigenvalue weighted by molar-refractivity contribution is 9.15. The molecule has 0 radical (unpaired) electrons. The van der Waals surface area contributed by atoms with Crippen LogP contribution in [0.1, 0.15) is 29.2 Å². The van der Waals surface area contributed by atoms with Crippen LogP contribution in [0.4, 0.5) is 0 Å². The van der Waals surface area contributed by atoms with Gasteiger partial charge < -0.3 is 5.11 Å². The summed E-state index contributed by atoms with van der Waals surface area (Å²) in [5, 5.41) is 10.9. The van der Waals surface area contributed by atoms with Crippen molar-refractivity contribution in [1.29, 1.82) is 0 Å². The van der Waals surface area contributed by atoms with Crippen molar-refractivity contribution in [2.24, 2.45) is 0 Å². The van der Waals surface area contributed by atoms with Gasteiger partial charge in [-0.05, 0) is 35.8 Å². The molecule has 0 fully saturated rings. The number of benzene rings is 1. The van der Waals surface area contributed by atoms with Gasteiger partial charge in [-0.2, -0.15) is 0 Å². The molecule has 1 unspecified atom stereocenters. The van der Waals surface area contributed by atoms with E-state index in [1.165, 1.54) is 0 Å². The molecule has 2 aromatic rings. The average Bonchev–Trinajstić information content (AvgIpc) is 2.46. The van der Waals surface area contributed by atoms with Crippen LogP contribution in [0, 0.1) is 0 Å². The second-order valence-electron chi connectivity index (χ2n) is 4.57. The summed E-state index contributed by atoms with van der Waals surface area (Å²) in [5.74, 6) is 0. The SMILES string of the molecule is CC1(O)c2ccccc2C=C(Br)c2ccncc21. The van der Waals surface area contributed by atoms with Gasteiger partial charge in [0.1, 0.15) is 5.60 Å². The van der Waals surface area contributed by atoms with Crippen LogP contribution in [-0.4, -0.2) is 10.1 Å². The van der Waals surface area contributed by atoms with Crippen LogP contribution in [0.25, 0.3) is 10.6 Å². The largest absolute Gasteiger partial charge is 0.381 e. The fourth-order valence-corrected chi connectivity index (χ4v) is 3.01. The van der Waals surface area contributed by atoms with Crippen molar-refractivity contribution in [1.82, 2.24) is 4.98 Å². The second-order valence-corrected chi connectivity index (χ2v) is 5.43. The third-order valence-electron chi connectivity index (χ3n) is 3.37. The lowest BCUT2D eigenvalue weighted by molar-refractivity contribution is 0.102. The first kappa shape index (κ1) is 11.6. The number of rotatable bonds is 0. The minimum absolute atomic E-state index is 0.818. The lowest BCUT2D eigenvalue weighted by Crippen LogP contribution is -2.24. The Morgan fingerprint density at radius 2 is 1.94 bits per heavy atom. The van der Waals surface area contributed by atoms with Crippen molar-refractivity contribution in [2.45, 2.75) is 12.5 Å². The molecule has 1 aromatic heterocycles. The van der Waals surface area contributed by atoms with Gasteiger partial charge in [0.25, 0.3) is 0 Å². The zero-order valence-corrected chi connectivity index (χ0v) is 11.5. The molecule has 18 heavy (non-hydrogen) atoms. The smallest absolute Gasteiger partial charge is 0.114 e. The van der Waals surface area contributed by atoms with E-state index in [1.54, 1.807) is 12.4 Å². The Hall–Kier alpha value is -1.45. The molecule has 0 amide bonds. The van der Waals surface area contributed by atoms with E-state index in [2.05, 4.69) is 20.9 Å². The Kier molecular flexibility index (Phi) is 2.61. The zero-order chi connectivity index (χ0) is 12.8. The Labute approximate surface area is 114 Å². The first-order valence-electron chi connectivity index (χ1n) is 5.74. The van der Waals surface area contributed by atoms with E-state index >= 15 is 0 Å². The molecule has 1 atom stereocenters. The molecule has 1 aromatic carbocycles. The van der Waals surface area contributed by atoms with Crippen LogP contribution in [0.3, 0.4) is 0 Å². The molecular formula is C15H12BrNO. The minimum atomic E-state index is -1.04. The molecule has 0 saturated heterocycles. The van der Waals surface area contributed by atoms with Gasteiger partial charge in [-0.25, -0.2) is 0 Å². The monoisotopic (exact) mass is 301 g/mol. The number of aliphatic hydroxyl groups is 1. The number of pyridine rings is 1. The van der Waals surface area contributed by atoms with Gasteiger partial charge in [-0.15, -0.1) is 0 Å². The summed E-state index contributed by atoms with van der Waals surface area (Å²) in [6.07, 6.45) is 5.50. The summed E-state index contributed by atoms with van der Waals surface area (Å²) in [7, 11) is 0. The number of nitrogens with zero attached hydrogens (tertiary/aromatic N) is 1. The molecule has 1 aliphatic carbocycles. The number of hydrogen-bond acceptors (Lipinski definition) is 2. The van der Waals surface area contributed by atoms with Gasteiger partial charge in [0.2, 0.25) is 0 Å². The van der Waals surface area contributed by atoms with Gasteiger partial charge in [-0.3, -0.25) is 4.98 Å². The topological polar surface area (TPSA) is 33.1 Å². The molecule has 2 nitrogen and oxygen atoms in total. The lowest BCUT2D eigenvalue weighted by atomic mass is 9.86. The van der Waals surface area contributed by atoms with Crippen molar-refractivity contribution in [2.75, 3.05) is 0 Å². The van der Waals surface area contributed by atoms with E-state index in [9.17, 15) is 5.11 Å². The average molecular weight is 302 g/mol. The highest BCUT2D eigenvalue weighted by Crippen LogP contribution is 2.41. The summed E-state index contributed by atoms with van der Waals surface area (Å²) in [6.45, 7) is 1.81. The predicted octanol–water partition coefficient (Wildman–Crippen LogP) is 3.54. The van der Waals surface area contributed by atoms with Gasteiger partial charge in [-0.1, -0.05) is 40.2 Å². The maximum Gasteiger partial charge on any atom is 0.114 e. The van der Waals surface area contributed by atoms with Crippen LogP contribution < -0.4 is 0 Å². The van der Waals surface area contributed by atoms with E-state index in [4.69, 9.17) is 0 Å². The van der Waals surface area contributed by atoms with Crippen LogP contribution in [0.2, 0.25) is 0 Å². The van der Waals surface area contributed by atoms with Gasteiger partial charge in [0, 0.05) is 22.4 Å². The van der Waals surface area contributed by atoms with E-state index in [0.29, 0.717) is 0 Å². The van der Waals surface area contributed by atoms with Crippen LogP contribution >= 0.6 is 15.9 Å². The Bertz CT molecular complexity index is 646. The van der Waals surface area contributed by atoms with Gasteiger partial charge in [0.15, 0.2) is 0 Å². The number of hydrogen-bond donors (Lipinski definition) is 1. The number of halogens is 1. The maximum atomic E-state index is 10.9. The number of fused-ring (bicyclic) bond motifs is 2. The van der Waals surface area contributed by atoms with E-state index < -0.39 is 5.60 Å². The normalized spacial score (nSPS) is 21.6. The van der Waals surface area contributed by atoms with Crippen molar-refractivity contribution >= 4 is 26.5 Å². The molecule has 0 spiro atoms. The Balaban J connectivity index is 2.40. The molecule has 3 heteroatoms. The minimum Gasteiger partial charge on any atom is -0.381 e. The fourth-order valence-electron chi connectivity index (χ4n) is 2.42. The zero-order valence-electron chi connectivity index (χ0n) is 9.89. The third kappa shape index (κ3) is 1.62. The van der Waals surface area contributed by atoms with Crippen molar-refractivity contribution in [3.63, 3.8) is 0 Å². The summed E-state index contributed by atoms with van der Waals surface area (Å²) >= 11 is 3.58. The molecule has 0 saturated carbocycles. The highest BCUT2D eigenvalue weighted by atomic mass is 79.9. The molecule has 0 aliphatic heterocycles. The first-order valence-corrected chi connectivity index (χ1v) is 6.54. The third-order valence-corrected chi connectivity index (χ3v) is 4.03. The van der Waals surface area contributed by atoms with Gasteiger partial charge in [0.05, 0.1) is 0 Å². The van der Waals surface area contributed by atoms with E-state index in [0.717, 1.165) is 26.7 Å². The van der Waals surface area contributed by atoms with Crippen LogP contribution in [0.15, 0.2) is 42.7 Å². The summed E-state index contributed by atoms with van der Waals surface area (Å²) < 4.78 is 0.963. The van der Waals surface area contributed by atoms with Crippen LogP contribution in [-0.2, 0) is 5.60 Å². The molecule has 3 rings (SSSR count). The molecule has 1 heterocycles. The first-order chi connectivity index (χ1) is 8.60. The molecular weight excluding hydrogens is 290 g/mol. The standard InChI is InChI=1S/C15H12BrNO/c1-15(18)12-5-3-2-4-10(12)8-14(16)11-6-7-17-9-13(11)15/h2-9,18H,1H3. The Morgan fingerprint density at radius 3 is 2.78 bits per heavy atom. The Morgan fingerprint density at radius 1 is 1.17 bits per heavy atom. The quantitative estimate of drug-likeness (QED) is 0.807. The summed E-state index contributed by atoms with van der Waals surface area (Å²) in [4.78, 5) is 4.13. The predicted molar refractivity (Wildman–Crippen MR) is 76.1 cm³/mol. The van der Waals surface area contributed by atoms with Crippen LogP contribution in [0.5, 0.6) is 0 Å². The second kappa shape index (κ2) is 4.04. The fraction of sp³-hybridized carbons (Fsp3) is 0.133. The number of aromatic nitrogens is 1. The van der Waals surface area contributed by atoms with E-state index in [1.807, 2.05) is 43.3 Å². The van der Waals surface area contributed by atoms with Crippen molar-refractivity contribution in [3.05, 3.63) is 65.0 Å². The maximum absolute atomic E-state index is 10.9. The summed E-state index contributed by atoms with van der Waals surface area (Å²) in [5.41, 5.74) is 2.68. The molecule has 0 bridgehead atoms. The molecule has 1 N–H and O–H groups in total. The van der Waals surface area contributed by atoms with Crippen molar-refractivity contribution in [3.8, 4) is 0 Å². The summed E-state index contributed by atoms with van der Waals surface area (Å²) in [6, 6.07) is 9.78.